The molecule has 1 fully saturated rings. The monoisotopic (exact) mass is 434 g/mol. The Morgan fingerprint density at radius 2 is 1.73 bits per heavy atom. The van der Waals surface area contributed by atoms with E-state index < -0.39 is 54.5 Å². The van der Waals surface area contributed by atoms with E-state index in [1.807, 2.05) is 13.8 Å². The Hall–Kier alpha value is -2.14. The molecule has 11 heteroatoms. The minimum absolute atomic E-state index is 0.0824. The molecule has 0 aromatic carbocycles. The zero-order valence-electron chi connectivity index (χ0n) is 17.6. The van der Waals surface area contributed by atoms with Crippen LogP contribution in [0.5, 0.6) is 0 Å². The van der Waals surface area contributed by atoms with Gasteiger partial charge in [0.1, 0.15) is 11.6 Å². The third kappa shape index (κ3) is 8.70. The Bertz CT molecular complexity index is 640. The maximum absolute atomic E-state index is 12.8. The summed E-state index contributed by atoms with van der Waals surface area (Å²) in [6.45, 7) is 3.43. The van der Waals surface area contributed by atoms with Gasteiger partial charge in [-0.1, -0.05) is 20.8 Å². The molecular weight excluding hydrogens is 404 g/mol. The summed E-state index contributed by atoms with van der Waals surface area (Å²) in [6, 6.07) is -2.06. The average molecular weight is 434 g/mol. The lowest BCUT2D eigenvalue weighted by atomic mass is 9.92. The van der Waals surface area contributed by atoms with Crippen LogP contribution in [-0.2, 0) is 28.7 Å². The van der Waals surface area contributed by atoms with E-state index in [4.69, 9.17) is 10.5 Å². The fourth-order valence-electron chi connectivity index (χ4n) is 2.72. The molecule has 0 aromatic heterocycles. The zero-order valence-corrected chi connectivity index (χ0v) is 17.6. The van der Waals surface area contributed by atoms with Crippen LogP contribution in [0.3, 0.4) is 0 Å². The Morgan fingerprint density at radius 1 is 1.13 bits per heavy atom. The van der Waals surface area contributed by atoms with E-state index in [0.717, 1.165) is 6.42 Å². The highest BCUT2D eigenvalue weighted by Crippen LogP contribution is 2.29. The Labute approximate surface area is 174 Å². The molecule has 1 heterocycles. The first-order chi connectivity index (χ1) is 13.9. The summed E-state index contributed by atoms with van der Waals surface area (Å²) in [6.07, 6.45) is 1.02. The molecule has 4 N–H and O–H groups in total. The molecule has 0 aliphatic carbocycles. The number of primary amides is 1. The van der Waals surface area contributed by atoms with Crippen LogP contribution < -0.4 is 16.4 Å². The van der Waals surface area contributed by atoms with Gasteiger partial charge in [0.15, 0.2) is 5.78 Å². The van der Waals surface area contributed by atoms with E-state index >= 15 is 0 Å². The van der Waals surface area contributed by atoms with E-state index in [-0.39, 0.29) is 24.7 Å². The van der Waals surface area contributed by atoms with Crippen LogP contribution in [0, 0.1) is 18.3 Å². The van der Waals surface area contributed by atoms with Gasteiger partial charge in [-0.15, -0.1) is 0 Å². The quantitative estimate of drug-likeness (QED) is 0.336. The van der Waals surface area contributed by atoms with Crippen LogP contribution in [0.25, 0.3) is 0 Å². The summed E-state index contributed by atoms with van der Waals surface area (Å²) in [5.74, 6) is -3.17. The highest BCUT2D eigenvalue weighted by Gasteiger charge is 2.50. The molecule has 1 aliphatic rings. The van der Waals surface area contributed by atoms with E-state index in [9.17, 15) is 28.0 Å². The van der Waals surface area contributed by atoms with Crippen molar-refractivity contribution >= 4 is 23.5 Å². The van der Waals surface area contributed by atoms with Gasteiger partial charge in [0.2, 0.25) is 17.7 Å². The summed E-state index contributed by atoms with van der Waals surface area (Å²) in [5, 5.41) is 4.96. The summed E-state index contributed by atoms with van der Waals surface area (Å²) >= 11 is 0. The number of nitrogens with one attached hydrogen (secondary N) is 2. The van der Waals surface area contributed by atoms with Crippen LogP contribution in [0.1, 0.15) is 40.5 Å². The molecule has 0 aromatic rings. The second kappa shape index (κ2) is 11.3. The van der Waals surface area contributed by atoms with Crippen molar-refractivity contribution in [3.05, 3.63) is 6.42 Å². The van der Waals surface area contributed by atoms with Gasteiger partial charge >= 0.3 is 6.61 Å². The molecule has 1 radical (unpaired) electrons. The molecule has 1 aliphatic heterocycles. The number of ether oxygens (including phenoxy) is 2. The van der Waals surface area contributed by atoms with E-state index in [0.29, 0.717) is 6.42 Å². The standard InChI is InChI=1S/C19H30F2N3O6/c1-10(2)7-12(15(26)19(4)9-30-19)24-17(28)13(8-11(3)16(22)27)23-14(25)5-6-29-18(20)21/h5,10-13,18H,6-9H2,1-4H3,(H2,22,27)(H,23,25)(H,24,28)/t11-,12-,13-,19+/m0/s1. The normalized spacial score (nSPS) is 21.1. The largest absolute Gasteiger partial charge is 0.369 e. The van der Waals surface area contributed by atoms with Crippen LogP contribution in [0.15, 0.2) is 0 Å². The summed E-state index contributed by atoms with van der Waals surface area (Å²) in [5.41, 5.74) is 4.29. The smallest absolute Gasteiger partial charge is 0.345 e. The topological polar surface area (TPSA) is 140 Å². The van der Waals surface area contributed by atoms with Crippen molar-refractivity contribution in [1.29, 1.82) is 0 Å². The summed E-state index contributed by atoms with van der Waals surface area (Å²) in [4.78, 5) is 48.9. The average Bonchev–Trinajstić information content (AvgIpc) is 3.37. The summed E-state index contributed by atoms with van der Waals surface area (Å²) in [7, 11) is 0. The third-order valence-electron chi connectivity index (χ3n) is 4.64. The van der Waals surface area contributed by atoms with Crippen molar-refractivity contribution < 1.29 is 37.4 Å². The molecule has 0 spiro atoms. The van der Waals surface area contributed by atoms with Gasteiger partial charge in [0.25, 0.3) is 0 Å². The fraction of sp³-hybridized carbons (Fsp3) is 0.737. The van der Waals surface area contributed by atoms with E-state index in [1.54, 1.807) is 6.92 Å². The number of rotatable bonds is 14. The Balaban J connectivity index is 2.85. The number of alkyl halides is 2. The second-order valence-electron chi connectivity index (χ2n) is 7.97. The highest BCUT2D eigenvalue weighted by molar-refractivity contribution is 5.98. The van der Waals surface area contributed by atoms with Crippen LogP contribution >= 0.6 is 0 Å². The number of carbonyl (C=O) groups excluding carboxylic acids is 4. The minimum Gasteiger partial charge on any atom is -0.369 e. The van der Waals surface area contributed by atoms with Crippen molar-refractivity contribution in [3.8, 4) is 0 Å². The number of halogens is 2. The maximum atomic E-state index is 12.8. The SMILES string of the molecule is CC(C)C[C@H](NC(=O)[C@H](C[C@H](C)C(N)=O)NC(=O)[CH]COC(F)F)C(=O)[C@@]1(C)CO1. The van der Waals surface area contributed by atoms with E-state index in [2.05, 4.69) is 15.4 Å². The van der Waals surface area contributed by atoms with Gasteiger partial charge in [0.05, 0.1) is 25.7 Å². The number of ketones is 1. The third-order valence-corrected chi connectivity index (χ3v) is 4.64. The number of amides is 3. The molecule has 4 atom stereocenters. The number of Topliss-reactive ketones (excluding diaryl/α,β-unsaturated/α-hetero) is 1. The molecule has 1 saturated heterocycles. The Kier molecular flexibility index (Phi) is 9.76. The lowest BCUT2D eigenvalue weighted by Crippen LogP contribution is -2.54. The molecule has 30 heavy (non-hydrogen) atoms. The van der Waals surface area contributed by atoms with E-state index in [1.165, 1.54) is 6.92 Å². The number of nitrogens with two attached hydrogens (primary N) is 1. The van der Waals surface area contributed by atoms with Gasteiger partial charge in [-0.25, -0.2) is 0 Å². The van der Waals surface area contributed by atoms with Gasteiger partial charge in [-0.2, -0.15) is 8.78 Å². The molecule has 9 nitrogen and oxygen atoms in total. The summed E-state index contributed by atoms with van der Waals surface area (Å²) < 4.78 is 33.2. The van der Waals surface area contributed by atoms with Gasteiger partial charge in [-0.3, -0.25) is 19.2 Å². The zero-order chi connectivity index (χ0) is 23.1. The predicted molar refractivity (Wildman–Crippen MR) is 102 cm³/mol. The van der Waals surface area contributed by atoms with Gasteiger partial charge in [0, 0.05) is 5.92 Å². The van der Waals surface area contributed by atoms with Crippen molar-refractivity contribution in [2.24, 2.45) is 17.6 Å². The number of hydrogen-bond donors (Lipinski definition) is 3. The molecule has 0 saturated carbocycles. The lowest BCUT2D eigenvalue weighted by Gasteiger charge is -2.26. The molecular formula is C19H30F2N3O6. The van der Waals surface area contributed by atoms with Gasteiger partial charge < -0.3 is 25.8 Å². The van der Waals surface area contributed by atoms with Crippen LogP contribution in [-0.4, -0.2) is 61.0 Å². The Morgan fingerprint density at radius 3 is 2.20 bits per heavy atom. The first-order valence-corrected chi connectivity index (χ1v) is 9.67. The second-order valence-corrected chi connectivity index (χ2v) is 7.97. The lowest BCUT2D eigenvalue weighted by molar-refractivity contribution is -0.135. The van der Waals surface area contributed by atoms with Crippen LogP contribution in [0.2, 0.25) is 0 Å². The fourth-order valence-corrected chi connectivity index (χ4v) is 2.72. The predicted octanol–water partition coefficient (Wildman–Crippen LogP) is 0.315. The van der Waals surface area contributed by atoms with Crippen molar-refractivity contribution in [3.63, 3.8) is 0 Å². The minimum atomic E-state index is -3.04. The molecule has 1 rings (SSSR count). The molecule has 0 bridgehead atoms. The number of hydrogen-bond acceptors (Lipinski definition) is 6. The number of carbonyl (C=O) groups is 4. The highest BCUT2D eigenvalue weighted by atomic mass is 19.3. The first kappa shape index (κ1) is 25.9. The molecule has 3 amide bonds. The molecule has 171 valence electrons. The molecule has 0 unspecified atom stereocenters. The van der Waals surface area contributed by atoms with Crippen molar-refractivity contribution in [2.75, 3.05) is 13.2 Å². The number of epoxide rings is 1. The van der Waals surface area contributed by atoms with Crippen molar-refractivity contribution in [1.82, 2.24) is 10.6 Å². The maximum Gasteiger partial charge on any atom is 0.345 e. The first-order valence-electron chi connectivity index (χ1n) is 9.67. The van der Waals surface area contributed by atoms with Gasteiger partial charge in [-0.05, 0) is 25.7 Å². The van der Waals surface area contributed by atoms with Crippen molar-refractivity contribution in [2.45, 2.75) is 64.8 Å². The van der Waals surface area contributed by atoms with Crippen LogP contribution in [0.4, 0.5) is 8.78 Å².